The Kier molecular flexibility index (Phi) is 6.65. The predicted octanol–water partition coefficient (Wildman–Crippen LogP) is 2.90. The molecule has 2 aromatic rings. The van der Waals surface area contributed by atoms with E-state index in [1.54, 1.807) is 36.5 Å². The Morgan fingerprint density at radius 1 is 1.12 bits per heavy atom. The summed E-state index contributed by atoms with van der Waals surface area (Å²) in [7, 11) is 4.08. The third kappa shape index (κ3) is 6.00. The van der Waals surface area contributed by atoms with Crippen molar-refractivity contribution in [2.24, 2.45) is 0 Å². The molecule has 132 valence electrons. The van der Waals surface area contributed by atoms with Gasteiger partial charge in [0.2, 0.25) is 0 Å². The molecule has 2 rings (SSSR count). The second-order valence-electron chi connectivity index (χ2n) is 6.10. The number of rotatable bonds is 8. The summed E-state index contributed by atoms with van der Waals surface area (Å²) in [5.41, 5.74) is 2.31. The maximum atomic E-state index is 12.4. The molecule has 1 aromatic carbocycles. The summed E-state index contributed by atoms with van der Waals surface area (Å²) in [6.07, 6.45) is 2.61. The number of amides is 1. The van der Waals surface area contributed by atoms with Crippen LogP contribution in [0.3, 0.4) is 0 Å². The van der Waals surface area contributed by atoms with Crippen LogP contribution in [0.1, 0.15) is 34.2 Å². The van der Waals surface area contributed by atoms with Crippen molar-refractivity contribution >= 4 is 23.1 Å². The summed E-state index contributed by atoms with van der Waals surface area (Å²) in [5.74, 6) is -0.351. The number of benzene rings is 1. The van der Waals surface area contributed by atoms with Gasteiger partial charge in [0.25, 0.3) is 5.91 Å². The minimum atomic E-state index is -0.308. The summed E-state index contributed by atoms with van der Waals surface area (Å²) < 4.78 is 0. The largest absolute Gasteiger partial charge is 0.385 e. The van der Waals surface area contributed by atoms with Crippen LogP contribution in [0.15, 0.2) is 42.6 Å². The summed E-state index contributed by atoms with van der Waals surface area (Å²) in [4.78, 5) is 30.1. The van der Waals surface area contributed by atoms with Crippen molar-refractivity contribution in [3.05, 3.63) is 53.9 Å². The quantitative estimate of drug-likeness (QED) is 0.571. The molecule has 25 heavy (non-hydrogen) atoms. The molecule has 0 spiro atoms. The van der Waals surface area contributed by atoms with Gasteiger partial charge in [-0.05, 0) is 58.3 Å². The van der Waals surface area contributed by atoms with Crippen molar-refractivity contribution in [3.63, 3.8) is 0 Å². The van der Waals surface area contributed by atoms with Crippen LogP contribution in [0.2, 0.25) is 0 Å². The van der Waals surface area contributed by atoms with Crippen LogP contribution < -0.4 is 10.6 Å². The number of carbonyl (C=O) groups excluding carboxylic acids is 2. The third-order valence-corrected chi connectivity index (χ3v) is 3.63. The standard InChI is InChI=1S/C19H24N4O2/c1-14(24)15-6-4-7-17(12-15)22-19(25)18-13-16(8-10-21-18)20-9-5-11-23(2)3/h4,6-8,10,12-13H,5,9,11H2,1-3H3,(H,20,21)(H,22,25). The van der Waals surface area contributed by atoms with Gasteiger partial charge in [0, 0.05) is 29.7 Å². The van der Waals surface area contributed by atoms with Gasteiger partial charge in [-0.1, -0.05) is 12.1 Å². The number of pyridine rings is 1. The molecule has 1 aromatic heterocycles. The van der Waals surface area contributed by atoms with Crippen LogP contribution >= 0.6 is 0 Å². The zero-order valence-electron chi connectivity index (χ0n) is 14.9. The predicted molar refractivity (Wildman–Crippen MR) is 100 cm³/mol. The minimum absolute atomic E-state index is 0.0434. The Hall–Kier alpha value is -2.73. The van der Waals surface area contributed by atoms with Gasteiger partial charge < -0.3 is 15.5 Å². The van der Waals surface area contributed by atoms with E-state index >= 15 is 0 Å². The smallest absolute Gasteiger partial charge is 0.274 e. The van der Waals surface area contributed by atoms with Crippen molar-refractivity contribution in [1.29, 1.82) is 0 Å². The molecule has 6 nitrogen and oxygen atoms in total. The number of ketones is 1. The van der Waals surface area contributed by atoms with Gasteiger partial charge in [0.15, 0.2) is 5.78 Å². The molecular formula is C19H24N4O2. The highest BCUT2D eigenvalue weighted by Crippen LogP contribution is 2.14. The Balaban J connectivity index is 1.98. The van der Waals surface area contributed by atoms with E-state index in [4.69, 9.17) is 0 Å². The summed E-state index contributed by atoms with van der Waals surface area (Å²) >= 11 is 0. The van der Waals surface area contributed by atoms with Gasteiger partial charge in [-0.25, -0.2) is 0 Å². The van der Waals surface area contributed by atoms with Crippen LogP contribution in [-0.2, 0) is 0 Å². The number of nitrogens with one attached hydrogen (secondary N) is 2. The van der Waals surface area contributed by atoms with E-state index in [-0.39, 0.29) is 11.7 Å². The van der Waals surface area contributed by atoms with E-state index < -0.39 is 0 Å². The first-order chi connectivity index (χ1) is 12.0. The molecular weight excluding hydrogens is 316 g/mol. The van der Waals surface area contributed by atoms with Gasteiger partial charge in [-0.2, -0.15) is 0 Å². The van der Waals surface area contributed by atoms with E-state index in [2.05, 4.69) is 20.5 Å². The normalized spacial score (nSPS) is 10.6. The topological polar surface area (TPSA) is 74.3 Å². The Morgan fingerprint density at radius 3 is 2.64 bits per heavy atom. The summed E-state index contributed by atoms with van der Waals surface area (Å²) in [6.45, 7) is 3.32. The van der Waals surface area contributed by atoms with Crippen LogP contribution in [-0.4, -0.2) is 48.8 Å². The molecule has 1 heterocycles. The second-order valence-corrected chi connectivity index (χ2v) is 6.10. The van der Waals surface area contributed by atoms with E-state index in [0.717, 1.165) is 25.2 Å². The number of anilines is 2. The molecule has 1 amide bonds. The van der Waals surface area contributed by atoms with Crippen molar-refractivity contribution in [1.82, 2.24) is 9.88 Å². The average molecular weight is 340 g/mol. The first-order valence-corrected chi connectivity index (χ1v) is 8.22. The molecule has 0 unspecified atom stereocenters. The van der Waals surface area contributed by atoms with Crippen molar-refractivity contribution < 1.29 is 9.59 Å². The lowest BCUT2D eigenvalue weighted by Crippen LogP contribution is -2.17. The molecule has 2 N–H and O–H groups in total. The first kappa shape index (κ1) is 18.6. The molecule has 0 aliphatic rings. The lowest BCUT2D eigenvalue weighted by Gasteiger charge is -2.11. The average Bonchev–Trinajstić information content (AvgIpc) is 2.59. The number of hydrogen-bond donors (Lipinski definition) is 2. The van der Waals surface area contributed by atoms with Gasteiger partial charge in [0.1, 0.15) is 5.69 Å². The van der Waals surface area contributed by atoms with Crippen molar-refractivity contribution in [3.8, 4) is 0 Å². The fraction of sp³-hybridized carbons (Fsp3) is 0.316. The number of aromatic nitrogens is 1. The highest BCUT2D eigenvalue weighted by molar-refractivity contribution is 6.04. The first-order valence-electron chi connectivity index (χ1n) is 8.22. The van der Waals surface area contributed by atoms with Crippen molar-refractivity contribution in [2.45, 2.75) is 13.3 Å². The molecule has 0 atom stereocenters. The lowest BCUT2D eigenvalue weighted by atomic mass is 10.1. The van der Waals surface area contributed by atoms with Crippen LogP contribution in [0.5, 0.6) is 0 Å². The van der Waals surface area contributed by atoms with Crippen LogP contribution in [0, 0.1) is 0 Å². The van der Waals surface area contributed by atoms with E-state index in [0.29, 0.717) is 16.9 Å². The fourth-order valence-electron chi connectivity index (χ4n) is 2.30. The number of nitrogens with zero attached hydrogens (tertiary/aromatic N) is 2. The Bertz CT molecular complexity index is 744. The fourth-order valence-corrected chi connectivity index (χ4v) is 2.30. The summed E-state index contributed by atoms with van der Waals surface area (Å²) in [5, 5.41) is 6.07. The zero-order valence-corrected chi connectivity index (χ0v) is 14.9. The number of Topliss-reactive ketones (excluding diaryl/α,β-unsaturated/α-hetero) is 1. The molecule has 0 aliphatic carbocycles. The third-order valence-electron chi connectivity index (χ3n) is 3.63. The number of carbonyl (C=O) groups is 2. The molecule has 0 fully saturated rings. The highest BCUT2D eigenvalue weighted by Gasteiger charge is 2.09. The number of hydrogen-bond acceptors (Lipinski definition) is 5. The van der Waals surface area contributed by atoms with Crippen LogP contribution in [0.4, 0.5) is 11.4 Å². The SMILES string of the molecule is CC(=O)c1cccc(NC(=O)c2cc(NCCCN(C)C)ccn2)c1. The Labute approximate surface area is 148 Å². The van der Waals surface area contributed by atoms with Crippen LogP contribution in [0.25, 0.3) is 0 Å². The molecule has 0 saturated heterocycles. The van der Waals surface area contributed by atoms with E-state index in [9.17, 15) is 9.59 Å². The molecule has 0 radical (unpaired) electrons. The molecule has 0 saturated carbocycles. The van der Waals surface area contributed by atoms with E-state index in [1.165, 1.54) is 6.92 Å². The Morgan fingerprint density at radius 2 is 1.92 bits per heavy atom. The monoisotopic (exact) mass is 340 g/mol. The maximum absolute atomic E-state index is 12.4. The molecule has 0 aliphatic heterocycles. The minimum Gasteiger partial charge on any atom is -0.385 e. The zero-order chi connectivity index (χ0) is 18.2. The van der Waals surface area contributed by atoms with Gasteiger partial charge >= 0.3 is 0 Å². The van der Waals surface area contributed by atoms with Gasteiger partial charge in [-0.3, -0.25) is 14.6 Å². The summed E-state index contributed by atoms with van der Waals surface area (Å²) in [6, 6.07) is 10.4. The van der Waals surface area contributed by atoms with Crippen molar-refractivity contribution in [2.75, 3.05) is 37.8 Å². The van der Waals surface area contributed by atoms with Gasteiger partial charge in [-0.15, -0.1) is 0 Å². The second kappa shape index (κ2) is 8.94. The molecule has 6 heteroatoms. The lowest BCUT2D eigenvalue weighted by molar-refractivity contribution is 0.100. The van der Waals surface area contributed by atoms with E-state index in [1.807, 2.05) is 20.2 Å². The van der Waals surface area contributed by atoms with Gasteiger partial charge in [0.05, 0.1) is 0 Å². The highest BCUT2D eigenvalue weighted by atomic mass is 16.2. The molecule has 0 bridgehead atoms. The maximum Gasteiger partial charge on any atom is 0.274 e.